The van der Waals surface area contributed by atoms with Gasteiger partial charge in [-0.1, -0.05) is 0 Å². The van der Waals surface area contributed by atoms with E-state index in [1.165, 1.54) is 18.9 Å². The first-order valence-electron chi connectivity index (χ1n) is 6.97. The van der Waals surface area contributed by atoms with E-state index in [1.54, 1.807) is 18.2 Å². The SMILES string of the molecule is CCOc1ccc(C(=O)N[C@@]2(C(=O)O)CCSC2)cc1OC. The maximum Gasteiger partial charge on any atom is 0.330 e. The molecule has 0 unspecified atom stereocenters. The summed E-state index contributed by atoms with van der Waals surface area (Å²) in [6.07, 6.45) is 0.424. The van der Waals surface area contributed by atoms with Crippen LogP contribution in [0, 0.1) is 0 Å². The number of carboxylic acids is 1. The Kier molecular flexibility index (Phi) is 5.18. The number of carbonyl (C=O) groups is 2. The molecule has 1 aromatic rings. The van der Waals surface area contributed by atoms with Gasteiger partial charge in [0.05, 0.1) is 13.7 Å². The molecule has 120 valence electrons. The molecular weight excluding hydrogens is 306 g/mol. The van der Waals surface area contributed by atoms with Crippen LogP contribution in [-0.4, -0.2) is 47.7 Å². The number of hydrogen-bond acceptors (Lipinski definition) is 5. The molecular formula is C15H19NO5S. The normalized spacial score (nSPS) is 20.5. The van der Waals surface area contributed by atoms with Crippen molar-refractivity contribution < 1.29 is 24.2 Å². The highest BCUT2D eigenvalue weighted by Gasteiger charge is 2.43. The van der Waals surface area contributed by atoms with E-state index in [0.29, 0.717) is 35.8 Å². The van der Waals surface area contributed by atoms with Gasteiger partial charge in [0, 0.05) is 11.3 Å². The number of benzene rings is 1. The third kappa shape index (κ3) is 3.30. The zero-order valence-electron chi connectivity index (χ0n) is 12.5. The molecule has 1 saturated heterocycles. The van der Waals surface area contributed by atoms with Crippen LogP contribution in [0.25, 0.3) is 0 Å². The van der Waals surface area contributed by atoms with Gasteiger partial charge in [0.2, 0.25) is 0 Å². The summed E-state index contributed by atoms with van der Waals surface area (Å²) in [5.74, 6) is 0.669. The summed E-state index contributed by atoms with van der Waals surface area (Å²) in [5.41, 5.74) is -0.842. The van der Waals surface area contributed by atoms with Crippen LogP contribution in [0.3, 0.4) is 0 Å². The van der Waals surface area contributed by atoms with Gasteiger partial charge >= 0.3 is 5.97 Å². The zero-order chi connectivity index (χ0) is 16.2. The standard InChI is InChI=1S/C15H19NO5S/c1-3-21-11-5-4-10(8-12(11)20-2)13(17)16-15(14(18)19)6-7-22-9-15/h4-5,8H,3,6-7,9H2,1-2H3,(H,16,17)(H,18,19)/t15-/m0/s1. The highest BCUT2D eigenvalue weighted by Crippen LogP contribution is 2.30. The Labute approximate surface area is 133 Å². The minimum atomic E-state index is -1.19. The molecule has 2 rings (SSSR count). The molecule has 22 heavy (non-hydrogen) atoms. The maximum absolute atomic E-state index is 12.4. The topological polar surface area (TPSA) is 84.9 Å². The van der Waals surface area contributed by atoms with Gasteiger partial charge in [0.25, 0.3) is 5.91 Å². The van der Waals surface area contributed by atoms with Crippen LogP contribution in [-0.2, 0) is 4.79 Å². The molecule has 1 fully saturated rings. The van der Waals surface area contributed by atoms with E-state index in [2.05, 4.69) is 5.32 Å². The van der Waals surface area contributed by atoms with Crippen molar-refractivity contribution >= 4 is 23.6 Å². The molecule has 1 heterocycles. The zero-order valence-corrected chi connectivity index (χ0v) is 13.4. The average Bonchev–Trinajstić information content (AvgIpc) is 2.97. The van der Waals surface area contributed by atoms with Crippen molar-refractivity contribution in [2.45, 2.75) is 18.9 Å². The lowest BCUT2D eigenvalue weighted by molar-refractivity contribution is -0.143. The Balaban J connectivity index is 2.20. The number of aliphatic carboxylic acids is 1. The fourth-order valence-corrected chi connectivity index (χ4v) is 3.58. The predicted octanol–water partition coefficient (Wildman–Crippen LogP) is 1.78. The number of nitrogens with one attached hydrogen (secondary N) is 1. The Hall–Kier alpha value is -1.89. The largest absolute Gasteiger partial charge is 0.493 e. The van der Waals surface area contributed by atoms with E-state index in [9.17, 15) is 14.7 Å². The van der Waals surface area contributed by atoms with Gasteiger partial charge in [-0.25, -0.2) is 4.79 Å². The molecule has 2 N–H and O–H groups in total. The van der Waals surface area contributed by atoms with Crippen LogP contribution in [0.4, 0.5) is 0 Å². The molecule has 0 saturated carbocycles. The van der Waals surface area contributed by atoms with E-state index in [-0.39, 0.29) is 0 Å². The molecule has 0 aliphatic carbocycles. The number of thioether (sulfide) groups is 1. The number of amides is 1. The molecule has 1 aliphatic rings. The van der Waals surface area contributed by atoms with Gasteiger partial charge in [-0.05, 0) is 37.3 Å². The van der Waals surface area contributed by atoms with Crippen LogP contribution in [0.2, 0.25) is 0 Å². The molecule has 0 bridgehead atoms. The van der Waals surface area contributed by atoms with E-state index >= 15 is 0 Å². The number of hydrogen-bond donors (Lipinski definition) is 2. The van der Waals surface area contributed by atoms with E-state index in [4.69, 9.17) is 9.47 Å². The number of rotatable bonds is 6. The van der Waals surface area contributed by atoms with Gasteiger partial charge in [0.1, 0.15) is 5.54 Å². The average molecular weight is 325 g/mol. The predicted molar refractivity (Wildman–Crippen MR) is 83.9 cm³/mol. The summed E-state index contributed by atoms with van der Waals surface area (Å²) in [6.45, 7) is 2.34. The van der Waals surface area contributed by atoms with Crippen molar-refractivity contribution in [2.75, 3.05) is 25.2 Å². The van der Waals surface area contributed by atoms with Crippen LogP contribution in [0.5, 0.6) is 11.5 Å². The minimum Gasteiger partial charge on any atom is -0.493 e. The highest BCUT2D eigenvalue weighted by atomic mass is 32.2. The molecule has 0 aromatic heterocycles. The first-order valence-corrected chi connectivity index (χ1v) is 8.12. The van der Waals surface area contributed by atoms with Gasteiger partial charge in [0.15, 0.2) is 11.5 Å². The summed E-state index contributed by atoms with van der Waals surface area (Å²) in [7, 11) is 1.49. The smallest absolute Gasteiger partial charge is 0.330 e. The number of ether oxygens (including phenoxy) is 2. The first-order chi connectivity index (χ1) is 10.5. The monoisotopic (exact) mass is 325 g/mol. The van der Waals surface area contributed by atoms with E-state index in [1.807, 2.05) is 6.92 Å². The molecule has 7 heteroatoms. The maximum atomic E-state index is 12.4. The second-order valence-corrected chi connectivity index (χ2v) is 6.05. The summed E-state index contributed by atoms with van der Waals surface area (Å²) in [5, 5.41) is 12.1. The van der Waals surface area contributed by atoms with Crippen molar-refractivity contribution in [1.29, 1.82) is 0 Å². The number of methoxy groups -OCH3 is 1. The summed E-state index contributed by atoms with van der Waals surface area (Å²) < 4.78 is 10.6. The second-order valence-electron chi connectivity index (χ2n) is 4.94. The molecule has 1 aliphatic heterocycles. The summed E-state index contributed by atoms with van der Waals surface area (Å²) in [6, 6.07) is 4.80. The summed E-state index contributed by atoms with van der Waals surface area (Å²) >= 11 is 1.52. The Morgan fingerprint density at radius 1 is 1.41 bits per heavy atom. The Morgan fingerprint density at radius 2 is 2.18 bits per heavy atom. The van der Waals surface area contributed by atoms with E-state index in [0.717, 1.165) is 5.75 Å². The van der Waals surface area contributed by atoms with Crippen molar-refractivity contribution in [1.82, 2.24) is 5.32 Å². The third-order valence-electron chi connectivity index (χ3n) is 3.51. The Morgan fingerprint density at radius 3 is 2.73 bits per heavy atom. The van der Waals surface area contributed by atoms with E-state index < -0.39 is 17.4 Å². The number of carbonyl (C=O) groups excluding carboxylic acids is 1. The first kappa shape index (κ1) is 16.5. The van der Waals surface area contributed by atoms with Gasteiger partial charge < -0.3 is 19.9 Å². The second kappa shape index (κ2) is 6.91. The Bertz CT molecular complexity index is 569. The lowest BCUT2D eigenvalue weighted by Gasteiger charge is -2.24. The molecule has 1 aromatic carbocycles. The lowest BCUT2D eigenvalue weighted by Crippen LogP contribution is -2.54. The third-order valence-corrected chi connectivity index (χ3v) is 4.70. The van der Waals surface area contributed by atoms with Gasteiger partial charge in [-0.15, -0.1) is 0 Å². The minimum absolute atomic E-state index is 0.345. The van der Waals surface area contributed by atoms with Crippen molar-refractivity contribution in [3.05, 3.63) is 23.8 Å². The molecule has 0 radical (unpaired) electrons. The molecule has 1 atom stereocenters. The van der Waals surface area contributed by atoms with Crippen LogP contribution < -0.4 is 14.8 Å². The fourth-order valence-electron chi connectivity index (χ4n) is 2.26. The van der Waals surface area contributed by atoms with Crippen LogP contribution >= 0.6 is 11.8 Å². The molecule has 0 spiro atoms. The lowest BCUT2D eigenvalue weighted by atomic mass is 9.98. The van der Waals surface area contributed by atoms with Crippen LogP contribution in [0.15, 0.2) is 18.2 Å². The molecule has 1 amide bonds. The highest BCUT2D eigenvalue weighted by molar-refractivity contribution is 7.99. The van der Waals surface area contributed by atoms with Crippen LogP contribution in [0.1, 0.15) is 23.7 Å². The van der Waals surface area contributed by atoms with Crippen molar-refractivity contribution in [2.24, 2.45) is 0 Å². The van der Waals surface area contributed by atoms with Crippen molar-refractivity contribution in [3.8, 4) is 11.5 Å². The fraction of sp³-hybridized carbons (Fsp3) is 0.467. The van der Waals surface area contributed by atoms with Gasteiger partial charge in [-0.3, -0.25) is 4.79 Å². The quantitative estimate of drug-likeness (QED) is 0.829. The summed E-state index contributed by atoms with van der Waals surface area (Å²) in [4.78, 5) is 23.8. The van der Waals surface area contributed by atoms with Crippen molar-refractivity contribution in [3.63, 3.8) is 0 Å². The number of carboxylic acid groups (broad SMARTS) is 1. The van der Waals surface area contributed by atoms with Gasteiger partial charge in [-0.2, -0.15) is 11.8 Å². The molecule has 6 nitrogen and oxygen atoms in total.